The van der Waals surface area contributed by atoms with Crippen LogP contribution < -0.4 is 0 Å². The van der Waals surface area contributed by atoms with Gasteiger partial charge in [0.15, 0.2) is 0 Å². The van der Waals surface area contributed by atoms with Crippen LogP contribution in [0.25, 0.3) is 0 Å². The molecule has 1 nitrogen and oxygen atoms in total. The normalized spacial score (nSPS) is 7.67. The maximum atomic E-state index is 9.80. The van der Waals surface area contributed by atoms with Crippen molar-refractivity contribution in [2.45, 2.75) is 26.2 Å². The predicted molar refractivity (Wildman–Crippen MR) is 38.2 cm³/mol. The van der Waals surface area contributed by atoms with Crippen molar-refractivity contribution >= 4 is 6.29 Å². The molecular weight excluding hydrogens is 112 g/mol. The number of carbonyl (C=O) groups excluding carboxylic acids is 1. The first-order valence-electron chi connectivity index (χ1n) is 3.21. The highest BCUT2D eigenvalue weighted by atomic mass is 16.1. The molecule has 0 N–H and O–H groups in total. The maximum absolute atomic E-state index is 9.80. The van der Waals surface area contributed by atoms with E-state index < -0.39 is 0 Å². The van der Waals surface area contributed by atoms with Gasteiger partial charge in [-0.1, -0.05) is 0 Å². The SMILES string of the molecule is CC=C=CCCCC=O. The van der Waals surface area contributed by atoms with Gasteiger partial charge in [-0.3, -0.25) is 0 Å². The Morgan fingerprint density at radius 3 is 2.78 bits per heavy atom. The molecule has 0 amide bonds. The summed E-state index contributed by atoms with van der Waals surface area (Å²) in [5, 5.41) is 0. The molecule has 0 spiro atoms. The molecule has 50 valence electrons. The van der Waals surface area contributed by atoms with E-state index in [0.29, 0.717) is 6.42 Å². The lowest BCUT2D eigenvalue weighted by atomic mass is 10.2. The third kappa shape index (κ3) is 7.19. The van der Waals surface area contributed by atoms with E-state index in [-0.39, 0.29) is 0 Å². The first-order valence-corrected chi connectivity index (χ1v) is 3.21. The van der Waals surface area contributed by atoms with Gasteiger partial charge in [0.25, 0.3) is 0 Å². The summed E-state index contributed by atoms with van der Waals surface area (Å²) in [6.07, 6.45) is 7.34. The molecule has 0 bridgehead atoms. The molecule has 1 heteroatoms. The minimum atomic E-state index is 0.669. The van der Waals surface area contributed by atoms with E-state index in [1.807, 2.05) is 19.1 Å². The Labute approximate surface area is 56.1 Å². The molecule has 0 unspecified atom stereocenters. The van der Waals surface area contributed by atoms with Crippen molar-refractivity contribution in [1.82, 2.24) is 0 Å². The van der Waals surface area contributed by atoms with E-state index in [9.17, 15) is 4.79 Å². The molecule has 0 aromatic heterocycles. The number of rotatable bonds is 4. The van der Waals surface area contributed by atoms with Crippen molar-refractivity contribution in [2.75, 3.05) is 0 Å². The Morgan fingerprint density at radius 1 is 1.44 bits per heavy atom. The van der Waals surface area contributed by atoms with E-state index in [1.165, 1.54) is 0 Å². The number of aldehydes is 1. The Bertz CT molecular complexity index is 119. The van der Waals surface area contributed by atoms with Gasteiger partial charge >= 0.3 is 0 Å². The zero-order valence-corrected chi connectivity index (χ0v) is 5.76. The van der Waals surface area contributed by atoms with Crippen molar-refractivity contribution in [1.29, 1.82) is 0 Å². The molecule has 0 aromatic rings. The third-order valence-electron chi connectivity index (χ3n) is 0.955. The topological polar surface area (TPSA) is 17.1 Å². The molecule has 0 atom stereocenters. The van der Waals surface area contributed by atoms with Crippen LogP contribution in [0.2, 0.25) is 0 Å². The van der Waals surface area contributed by atoms with Crippen LogP contribution in [0.15, 0.2) is 17.9 Å². The summed E-state index contributed by atoms with van der Waals surface area (Å²) >= 11 is 0. The molecule has 0 aliphatic heterocycles. The average molecular weight is 124 g/mol. The number of unbranched alkanes of at least 4 members (excludes halogenated alkanes) is 2. The van der Waals surface area contributed by atoms with Crippen LogP contribution in [-0.2, 0) is 4.79 Å². The summed E-state index contributed by atoms with van der Waals surface area (Å²) in [6.45, 7) is 1.93. The molecule has 0 rings (SSSR count). The molecule has 9 heavy (non-hydrogen) atoms. The second kappa shape index (κ2) is 7.19. The Hall–Kier alpha value is -0.810. The highest BCUT2D eigenvalue weighted by molar-refractivity contribution is 5.48. The van der Waals surface area contributed by atoms with Crippen molar-refractivity contribution in [3.05, 3.63) is 17.9 Å². The fourth-order valence-corrected chi connectivity index (χ4v) is 0.504. The van der Waals surface area contributed by atoms with Gasteiger partial charge in [0.05, 0.1) is 0 Å². The van der Waals surface area contributed by atoms with Crippen LogP contribution in [0.4, 0.5) is 0 Å². The zero-order chi connectivity index (χ0) is 6.95. The summed E-state index contributed by atoms with van der Waals surface area (Å²) in [5.74, 6) is 0. The van der Waals surface area contributed by atoms with Gasteiger partial charge in [0.1, 0.15) is 6.29 Å². The monoisotopic (exact) mass is 124 g/mol. The molecule has 0 heterocycles. The lowest BCUT2D eigenvalue weighted by molar-refractivity contribution is -0.107. The Balaban J connectivity index is 3.09. The molecule has 0 saturated carbocycles. The van der Waals surface area contributed by atoms with Crippen LogP contribution in [0, 0.1) is 0 Å². The van der Waals surface area contributed by atoms with Gasteiger partial charge in [0.2, 0.25) is 0 Å². The fraction of sp³-hybridized carbons (Fsp3) is 0.500. The summed E-state index contributed by atoms with van der Waals surface area (Å²) < 4.78 is 0. The lowest BCUT2D eigenvalue weighted by Gasteiger charge is -1.82. The fourth-order valence-electron chi connectivity index (χ4n) is 0.504. The predicted octanol–water partition coefficient (Wildman–Crippen LogP) is 2.09. The average Bonchev–Trinajstić information content (AvgIpc) is 1.89. The third-order valence-corrected chi connectivity index (χ3v) is 0.955. The molecule has 0 aliphatic rings. The van der Waals surface area contributed by atoms with Gasteiger partial charge in [-0.05, 0) is 31.9 Å². The number of hydrogen-bond acceptors (Lipinski definition) is 1. The number of carbonyl (C=O) groups is 1. The van der Waals surface area contributed by atoms with E-state index in [1.54, 1.807) is 0 Å². The minimum Gasteiger partial charge on any atom is -0.303 e. The highest BCUT2D eigenvalue weighted by Crippen LogP contribution is 1.91. The van der Waals surface area contributed by atoms with Gasteiger partial charge in [-0.2, -0.15) is 0 Å². The molecular formula is C8H12O. The maximum Gasteiger partial charge on any atom is 0.120 e. The molecule has 0 radical (unpaired) electrons. The van der Waals surface area contributed by atoms with Crippen molar-refractivity contribution in [3.63, 3.8) is 0 Å². The quantitative estimate of drug-likeness (QED) is 0.318. The first-order chi connectivity index (χ1) is 4.41. The van der Waals surface area contributed by atoms with Crippen LogP contribution in [0.5, 0.6) is 0 Å². The smallest absolute Gasteiger partial charge is 0.120 e. The summed E-state index contributed by atoms with van der Waals surface area (Å²) in [4.78, 5) is 9.80. The van der Waals surface area contributed by atoms with Crippen LogP contribution in [-0.4, -0.2) is 6.29 Å². The Morgan fingerprint density at radius 2 is 2.22 bits per heavy atom. The van der Waals surface area contributed by atoms with E-state index >= 15 is 0 Å². The molecule has 0 fully saturated rings. The minimum absolute atomic E-state index is 0.669. The van der Waals surface area contributed by atoms with Crippen LogP contribution in [0.1, 0.15) is 26.2 Å². The second-order valence-electron chi connectivity index (χ2n) is 1.76. The van der Waals surface area contributed by atoms with Gasteiger partial charge in [-0.15, -0.1) is 5.73 Å². The standard InChI is InChI=1S/C8H12O/c1-2-3-4-5-6-7-8-9/h2,4,8H,5-7H2,1H3. The van der Waals surface area contributed by atoms with E-state index in [2.05, 4.69) is 5.73 Å². The number of allylic oxidation sites excluding steroid dienone is 1. The van der Waals surface area contributed by atoms with Gasteiger partial charge in [0, 0.05) is 6.42 Å². The lowest BCUT2D eigenvalue weighted by Crippen LogP contribution is -1.72. The summed E-state index contributed by atoms with van der Waals surface area (Å²) in [6, 6.07) is 0. The molecule has 0 saturated heterocycles. The van der Waals surface area contributed by atoms with Crippen LogP contribution in [0.3, 0.4) is 0 Å². The Kier molecular flexibility index (Phi) is 6.54. The van der Waals surface area contributed by atoms with Gasteiger partial charge < -0.3 is 4.79 Å². The molecule has 0 aromatic carbocycles. The summed E-state index contributed by atoms with van der Waals surface area (Å²) in [5.41, 5.74) is 2.94. The van der Waals surface area contributed by atoms with Crippen molar-refractivity contribution in [2.24, 2.45) is 0 Å². The largest absolute Gasteiger partial charge is 0.303 e. The molecule has 0 aliphatic carbocycles. The van der Waals surface area contributed by atoms with Crippen LogP contribution >= 0.6 is 0 Å². The second-order valence-corrected chi connectivity index (χ2v) is 1.76. The van der Waals surface area contributed by atoms with E-state index in [0.717, 1.165) is 19.1 Å². The first kappa shape index (κ1) is 8.19. The number of hydrogen-bond donors (Lipinski definition) is 0. The van der Waals surface area contributed by atoms with Crippen molar-refractivity contribution in [3.8, 4) is 0 Å². The highest BCUT2D eigenvalue weighted by Gasteiger charge is 1.78. The van der Waals surface area contributed by atoms with E-state index in [4.69, 9.17) is 0 Å². The summed E-state index contributed by atoms with van der Waals surface area (Å²) in [7, 11) is 0. The van der Waals surface area contributed by atoms with Crippen molar-refractivity contribution < 1.29 is 4.79 Å². The van der Waals surface area contributed by atoms with Gasteiger partial charge in [-0.25, -0.2) is 0 Å². The zero-order valence-electron chi connectivity index (χ0n) is 5.76.